The molecule has 0 saturated carbocycles. The maximum atomic E-state index is 14.0. The average molecular weight is 543 g/mol. The summed E-state index contributed by atoms with van der Waals surface area (Å²) in [5.74, 6) is 0.971. The first-order chi connectivity index (χ1) is 18.8. The highest BCUT2D eigenvalue weighted by Gasteiger charge is 2.36. The smallest absolute Gasteiger partial charge is 0.338 e. The first-order valence-electron chi connectivity index (χ1n) is 12.8. The standard InChI is InChI=1S/C31H30N2O5S/c1-6-37-30(35)26-27(20-11-8-7-9-12-20)32-31-33(29(34)25(39-31)16-21-13-10-14-38-21)28(26)23-17-22(18(2)3)24(36-5)15-19(23)4/h7-18,28H,6H2,1-5H3. The third-order valence-corrected chi connectivity index (χ3v) is 7.71. The van der Waals surface area contributed by atoms with Gasteiger partial charge >= 0.3 is 5.97 Å². The molecular weight excluding hydrogens is 512 g/mol. The molecule has 0 bridgehead atoms. The van der Waals surface area contributed by atoms with Gasteiger partial charge in [-0.15, -0.1) is 0 Å². The zero-order chi connectivity index (χ0) is 27.7. The average Bonchev–Trinajstić information content (AvgIpc) is 3.55. The van der Waals surface area contributed by atoms with Crippen molar-refractivity contribution in [2.45, 2.75) is 39.7 Å². The number of methoxy groups -OCH3 is 1. The van der Waals surface area contributed by atoms with Crippen molar-refractivity contribution in [1.29, 1.82) is 0 Å². The van der Waals surface area contributed by atoms with Crippen molar-refractivity contribution in [3.63, 3.8) is 0 Å². The zero-order valence-corrected chi connectivity index (χ0v) is 23.4. The second-order valence-electron chi connectivity index (χ2n) is 9.55. The molecule has 1 atom stereocenters. The lowest BCUT2D eigenvalue weighted by Crippen LogP contribution is -2.40. The number of fused-ring (bicyclic) bond motifs is 1. The quantitative estimate of drug-likeness (QED) is 0.308. The van der Waals surface area contributed by atoms with Gasteiger partial charge in [0.15, 0.2) is 4.80 Å². The number of esters is 1. The minimum atomic E-state index is -0.752. The van der Waals surface area contributed by atoms with Crippen LogP contribution < -0.4 is 19.6 Å². The molecule has 1 aliphatic rings. The first-order valence-corrected chi connectivity index (χ1v) is 13.7. The van der Waals surface area contributed by atoms with E-state index in [4.69, 9.17) is 18.9 Å². The number of hydrogen-bond donors (Lipinski definition) is 0. The van der Waals surface area contributed by atoms with Crippen molar-refractivity contribution >= 4 is 29.1 Å². The molecule has 2 aromatic carbocycles. The molecule has 5 rings (SSSR count). The summed E-state index contributed by atoms with van der Waals surface area (Å²) in [5, 5.41) is 0. The molecule has 200 valence electrons. The van der Waals surface area contributed by atoms with Crippen molar-refractivity contribution in [2.24, 2.45) is 4.99 Å². The Bertz CT molecular complexity index is 1730. The molecule has 7 nitrogen and oxygen atoms in total. The van der Waals surface area contributed by atoms with Crippen LogP contribution in [0.2, 0.25) is 0 Å². The van der Waals surface area contributed by atoms with Gasteiger partial charge in [0.2, 0.25) is 0 Å². The molecule has 39 heavy (non-hydrogen) atoms. The van der Waals surface area contributed by atoms with Gasteiger partial charge in [-0.2, -0.15) is 0 Å². The summed E-state index contributed by atoms with van der Waals surface area (Å²) in [5.41, 5.74) is 4.01. The van der Waals surface area contributed by atoms with Crippen molar-refractivity contribution in [3.05, 3.63) is 114 Å². The van der Waals surface area contributed by atoms with E-state index in [1.54, 1.807) is 43.1 Å². The van der Waals surface area contributed by atoms with Gasteiger partial charge in [-0.05, 0) is 60.7 Å². The number of aromatic nitrogens is 1. The molecule has 0 radical (unpaired) electrons. The number of benzene rings is 2. The third kappa shape index (κ3) is 4.88. The molecule has 2 aromatic heterocycles. The highest BCUT2D eigenvalue weighted by molar-refractivity contribution is 7.07. The molecule has 0 N–H and O–H groups in total. The number of furan rings is 1. The Morgan fingerprint density at radius 3 is 2.59 bits per heavy atom. The lowest BCUT2D eigenvalue weighted by atomic mass is 9.87. The monoisotopic (exact) mass is 542 g/mol. The first kappa shape index (κ1) is 26.4. The molecule has 1 unspecified atom stereocenters. The highest BCUT2D eigenvalue weighted by Crippen LogP contribution is 2.39. The van der Waals surface area contributed by atoms with E-state index in [0.717, 1.165) is 28.0 Å². The number of carbonyl (C=O) groups is 1. The van der Waals surface area contributed by atoms with Gasteiger partial charge in [0.1, 0.15) is 11.5 Å². The fraction of sp³-hybridized carbons (Fsp3) is 0.258. The van der Waals surface area contributed by atoms with Crippen LogP contribution in [0.3, 0.4) is 0 Å². The number of ether oxygens (including phenoxy) is 2. The molecule has 3 heterocycles. The van der Waals surface area contributed by atoms with Crippen molar-refractivity contribution in [3.8, 4) is 5.75 Å². The minimum Gasteiger partial charge on any atom is -0.496 e. The Morgan fingerprint density at radius 1 is 1.18 bits per heavy atom. The van der Waals surface area contributed by atoms with Crippen LogP contribution in [0, 0.1) is 6.92 Å². The van der Waals surface area contributed by atoms with E-state index in [-0.39, 0.29) is 18.1 Å². The summed E-state index contributed by atoms with van der Waals surface area (Å²) in [6, 6.07) is 16.3. The van der Waals surface area contributed by atoms with Crippen molar-refractivity contribution < 1.29 is 18.7 Å². The Hall–Kier alpha value is -4.17. The molecular formula is C31H30N2O5S. The second-order valence-corrected chi connectivity index (χ2v) is 10.6. The van der Waals surface area contributed by atoms with Crippen LogP contribution in [-0.2, 0) is 9.53 Å². The molecule has 8 heteroatoms. The number of hydrogen-bond acceptors (Lipinski definition) is 7. The van der Waals surface area contributed by atoms with E-state index in [1.807, 2.05) is 49.4 Å². The summed E-state index contributed by atoms with van der Waals surface area (Å²) in [6.07, 6.45) is 3.27. The summed E-state index contributed by atoms with van der Waals surface area (Å²) in [6.45, 7) is 8.10. The number of rotatable bonds is 7. The van der Waals surface area contributed by atoms with E-state index >= 15 is 0 Å². The largest absolute Gasteiger partial charge is 0.496 e. The molecule has 0 aliphatic carbocycles. The number of thiazole rings is 1. The van der Waals surface area contributed by atoms with Gasteiger partial charge in [-0.25, -0.2) is 9.79 Å². The van der Waals surface area contributed by atoms with Crippen LogP contribution in [-0.4, -0.2) is 24.3 Å². The zero-order valence-electron chi connectivity index (χ0n) is 22.6. The van der Waals surface area contributed by atoms with Gasteiger partial charge in [0.25, 0.3) is 5.56 Å². The Kier molecular flexibility index (Phi) is 7.39. The summed E-state index contributed by atoms with van der Waals surface area (Å²) >= 11 is 1.27. The highest BCUT2D eigenvalue weighted by atomic mass is 32.1. The molecule has 1 aliphatic heterocycles. The van der Waals surface area contributed by atoms with Crippen LogP contribution in [0.25, 0.3) is 11.8 Å². The van der Waals surface area contributed by atoms with E-state index in [9.17, 15) is 9.59 Å². The van der Waals surface area contributed by atoms with Gasteiger partial charge in [-0.3, -0.25) is 9.36 Å². The van der Waals surface area contributed by atoms with Gasteiger partial charge < -0.3 is 13.9 Å². The van der Waals surface area contributed by atoms with E-state index < -0.39 is 12.0 Å². The van der Waals surface area contributed by atoms with Crippen LogP contribution in [0.15, 0.2) is 80.6 Å². The lowest BCUT2D eigenvalue weighted by Gasteiger charge is -2.28. The van der Waals surface area contributed by atoms with E-state index in [1.165, 1.54) is 11.3 Å². The van der Waals surface area contributed by atoms with Crippen molar-refractivity contribution in [2.75, 3.05) is 13.7 Å². The normalized spacial score (nSPS) is 15.3. The number of carbonyl (C=O) groups excluding carboxylic acids is 1. The maximum Gasteiger partial charge on any atom is 0.338 e. The predicted octanol–water partition coefficient (Wildman–Crippen LogP) is 4.97. The molecule has 4 aromatic rings. The molecule has 0 fully saturated rings. The molecule has 0 spiro atoms. The van der Waals surface area contributed by atoms with Crippen LogP contribution in [0.5, 0.6) is 5.75 Å². The van der Waals surface area contributed by atoms with Crippen LogP contribution >= 0.6 is 11.3 Å². The summed E-state index contributed by atoms with van der Waals surface area (Å²) in [4.78, 5) is 33.1. The minimum absolute atomic E-state index is 0.151. The van der Waals surface area contributed by atoms with E-state index in [2.05, 4.69) is 13.8 Å². The topological polar surface area (TPSA) is 83.0 Å². The Morgan fingerprint density at radius 2 is 1.95 bits per heavy atom. The molecule has 0 saturated heterocycles. The van der Waals surface area contributed by atoms with Gasteiger partial charge in [0, 0.05) is 11.6 Å². The Labute approximate surface area is 230 Å². The fourth-order valence-electron chi connectivity index (χ4n) is 4.88. The fourth-order valence-corrected chi connectivity index (χ4v) is 5.86. The number of aryl methyl sites for hydroxylation is 1. The van der Waals surface area contributed by atoms with E-state index in [0.29, 0.717) is 26.4 Å². The van der Waals surface area contributed by atoms with Gasteiger partial charge in [-0.1, -0.05) is 55.5 Å². The summed E-state index contributed by atoms with van der Waals surface area (Å²) < 4.78 is 18.8. The summed E-state index contributed by atoms with van der Waals surface area (Å²) in [7, 11) is 1.65. The maximum absolute atomic E-state index is 14.0. The third-order valence-electron chi connectivity index (χ3n) is 6.73. The Balaban J connectivity index is 1.89. The SMILES string of the molecule is CCOC(=O)C1=C(c2ccccc2)N=c2sc(=Cc3ccco3)c(=O)n2C1c1cc(C(C)C)c(OC)cc1C. The number of nitrogens with zero attached hydrogens (tertiary/aromatic N) is 2. The van der Waals surface area contributed by atoms with Crippen molar-refractivity contribution in [1.82, 2.24) is 4.57 Å². The van der Waals surface area contributed by atoms with Crippen LogP contribution in [0.1, 0.15) is 60.7 Å². The van der Waals surface area contributed by atoms with Gasteiger partial charge in [0.05, 0.1) is 41.8 Å². The second kappa shape index (κ2) is 10.9. The van der Waals surface area contributed by atoms with Crippen LogP contribution in [0.4, 0.5) is 0 Å². The lowest BCUT2D eigenvalue weighted by molar-refractivity contribution is -0.138. The molecule has 0 amide bonds. The predicted molar refractivity (Wildman–Crippen MR) is 152 cm³/mol.